The van der Waals surface area contributed by atoms with Gasteiger partial charge in [-0.15, -0.1) is 0 Å². The number of benzene rings is 1. The Morgan fingerprint density at radius 1 is 1.33 bits per heavy atom. The first-order valence-corrected chi connectivity index (χ1v) is 8.88. The minimum atomic E-state index is -3.74. The third kappa shape index (κ3) is 3.13. The summed E-state index contributed by atoms with van der Waals surface area (Å²) in [4.78, 5) is 14.9. The van der Waals surface area contributed by atoms with Crippen molar-refractivity contribution in [1.29, 1.82) is 0 Å². The fourth-order valence-electron chi connectivity index (χ4n) is 2.51. The summed E-state index contributed by atoms with van der Waals surface area (Å²) in [6.07, 6.45) is 4.39. The third-order valence-electron chi connectivity index (χ3n) is 3.59. The highest BCUT2D eigenvalue weighted by Crippen LogP contribution is 2.32. The smallest absolute Gasteiger partial charge is 0.328 e. The van der Waals surface area contributed by atoms with Crippen LogP contribution in [0.4, 0.5) is 5.82 Å². The monoisotopic (exact) mass is 364 g/mol. The molecule has 3 rings (SSSR count). The van der Waals surface area contributed by atoms with Gasteiger partial charge >= 0.3 is 5.97 Å². The number of anilines is 1. The van der Waals surface area contributed by atoms with Crippen LogP contribution in [0, 0.1) is 0 Å². The minimum Gasteiger partial charge on any atom is -0.478 e. The van der Waals surface area contributed by atoms with Gasteiger partial charge in [-0.2, -0.15) is 0 Å². The molecule has 0 saturated heterocycles. The zero-order valence-electron chi connectivity index (χ0n) is 12.4. The molecule has 1 aromatic heterocycles. The molecule has 0 unspecified atom stereocenters. The van der Waals surface area contributed by atoms with E-state index in [2.05, 4.69) is 4.98 Å². The Balaban J connectivity index is 1.96. The zero-order chi connectivity index (χ0) is 17.3. The van der Waals surface area contributed by atoms with Crippen molar-refractivity contribution in [3.8, 4) is 0 Å². The van der Waals surface area contributed by atoms with Crippen LogP contribution >= 0.6 is 11.6 Å². The van der Waals surface area contributed by atoms with Gasteiger partial charge in [0.15, 0.2) is 0 Å². The molecule has 1 aliphatic heterocycles. The highest BCUT2D eigenvalue weighted by atomic mass is 35.5. The van der Waals surface area contributed by atoms with Crippen LogP contribution in [-0.2, 0) is 21.2 Å². The molecule has 0 saturated carbocycles. The highest BCUT2D eigenvalue weighted by molar-refractivity contribution is 7.92. The number of fused-ring (bicyclic) bond motifs is 1. The van der Waals surface area contributed by atoms with Crippen molar-refractivity contribution < 1.29 is 18.3 Å². The molecule has 1 aliphatic rings. The lowest BCUT2D eigenvalue weighted by atomic mass is 10.1. The van der Waals surface area contributed by atoms with Gasteiger partial charge in [0.25, 0.3) is 10.0 Å². The van der Waals surface area contributed by atoms with E-state index in [1.807, 2.05) is 0 Å². The van der Waals surface area contributed by atoms with Crippen LogP contribution in [-0.4, -0.2) is 31.0 Å². The molecule has 0 atom stereocenters. The van der Waals surface area contributed by atoms with Gasteiger partial charge in [-0.25, -0.2) is 22.5 Å². The summed E-state index contributed by atoms with van der Waals surface area (Å²) in [6.45, 7) is 0.281. The molecule has 6 nitrogen and oxygen atoms in total. The van der Waals surface area contributed by atoms with Gasteiger partial charge in [0, 0.05) is 23.8 Å². The molecule has 1 N–H and O–H groups in total. The lowest BCUT2D eigenvalue weighted by Crippen LogP contribution is -2.29. The number of hydrogen-bond acceptors (Lipinski definition) is 4. The fraction of sp³-hybridized carbons (Fsp3) is 0.125. The van der Waals surface area contributed by atoms with Gasteiger partial charge in [-0.05, 0) is 47.9 Å². The summed E-state index contributed by atoms with van der Waals surface area (Å²) in [6, 6.07) is 7.83. The molecule has 0 bridgehead atoms. The van der Waals surface area contributed by atoms with Gasteiger partial charge in [0.1, 0.15) is 5.82 Å². The molecule has 24 heavy (non-hydrogen) atoms. The Bertz CT molecular complexity index is 941. The van der Waals surface area contributed by atoms with Crippen molar-refractivity contribution in [2.75, 3.05) is 10.8 Å². The largest absolute Gasteiger partial charge is 0.478 e. The van der Waals surface area contributed by atoms with E-state index in [0.717, 1.165) is 11.6 Å². The topological polar surface area (TPSA) is 87.6 Å². The quantitative estimate of drug-likeness (QED) is 0.842. The van der Waals surface area contributed by atoms with Gasteiger partial charge in [0.05, 0.1) is 4.90 Å². The van der Waals surface area contributed by atoms with Gasteiger partial charge < -0.3 is 5.11 Å². The summed E-state index contributed by atoms with van der Waals surface area (Å²) in [5, 5.41) is 9.00. The molecule has 0 fully saturated rings. The molecule has 0 radical (unpaired) electrons. The molecule has 0 spiro atoms. The van der Waals surface area contributed by atoms with Crippen molar-refractivity contribution in [2.24, 2.45) is 0 Å². The Morgan fingerprint density at radius 3 is 2.83 bits per heavy atom. The predicted octanol–water partition coefficient (Wildman–Crippen LogP) is 2.58. The number of sulfonamides is 1. The molecule has 2 aromatic rings. The van der Waals surface area contributed by atoms with Crippen molar-refractivity contribution in [3.63, 3.8) is 0 Å². The summed E-state index contributed by atoms with van der Waals surface area (Å²) in [7, 11) is -3.74. The number of carboxylic acids is 1. The zero-order valence-corrected chi connectivity index (χ0v) is 14.0. The molecule has 1 aromatic carbocycles. The highest BCUT2D eigenvalue weighted by Gasteiger charge is 2.32. The number of carbonyl (C=O) groups is 1. The van der Waals surface area contributed by atoms with E-state index in [1.165, 1.54) is 28.7 Å². The van der Waals surface area contributed by atoms with E-state index in [9.17, 15) is 13.2 Å². The molecule has 124 valence electrons. The second-order valence-electron chi connectivity index (χ2n) is 5.21. The Labute approximate surface area is 144 Å². The standard InChI is InChI=1S/C16H13ClN2O4S/c17-13-2-1-3-14(9-13)24(22,23)19-7-6-12-8-11(4-5-15(20)21)10-18-16(12)19/h1-5,8-10H,6-7H2,(H,20,21). The van der Waals surface area contributed by atoms with Crippen molar-refractivity contribution in [2.45, 2.75) is 11.3 Å². The van der Waals surface area contributed by atoms with Gasteiger partial charge in [0.2, 0.25) is 0 Å². The Hall–Kier alpha value is -2.38. The summed E-state index contributed by atoms with van der Waals surface area (Å²) in [5.41, 5.74) is 1.37. The van der Waals surface area contributed by atoms with E-state index in [-0.39, 0.29) is 11.4 Å². The summed E-state index contributed by atoms with van der Waals surface area (Å²) in [5.74, 6) is -0.692. The van der Waals surface area contributed by atoms with Crippen LogP contribution in [0.5, 0.6) is 0 Å². The number of rotatable bonds is 4. The maximum Gasteiger partial charge on any atom is 0.328 e. The van der Waals surface area contributed by atoms with Crippen LogP contribution in [0.2, 0.25) is 5.02 Å². The second kappa shape index (κ2) is 6.26. The maximum absolute atomic E-state index is 12.8. The Morgan fingerprint density at radius 2 is 2.12 bits per heavy atom. The number of aromatic nitrogens is 1. The second-order valence-corrected chi connectivity index (χ2v) is 7.51. The Kier molecular flexibility index (Phi) is 4.29. The van der Waals surface area contributed by atoms with Crippen molar-refractivity contribution >= 4 is 39.5 Å². The lowest BCUT2D eigenvalue weighted by molar-refractivity contribution is -0.131. The first-order chi connectivity index (χ1) is 11.4. The molecule has 2 heterocycles. The summed E-state index contributed by atoms with van der Waals surface area (Å²) >= 11 is 5.88. The third-order valence-corrected chi connectivity index (χ3v) is 5.61. The van der Waals surface area contributed by atoms with E-state index < -0.39 is 16.0 Å². The van der Waals surface area contributed by atoms with Gasteiger partial charge in [-0.1, -0.05) is 17.7 Å². The number of pyridine rings is 1. The number of halogens is 1. The molecular formula is C16H13ClN2O4S. The van der Waals surface area contributed by atoms with Gasteiger partial charge in [-0.3, -0.25) is 0 Å². The normalized spacial score (nSPS) is 14.1. The van der Waals surface area contributed by atoms with Crippen LogP contribution in [0.1, 0.15) is 11.1 Å². The average molecular weight is 365 g/mol. The first kappa shape index (κ1) is 16.5. The van der Waals surface area contributed by atoms with Crippen molar-refractivity contribution in [3.05, 3.63) is 58.8 Å². The number of carboxylic acid groups (broad SMARTS) is 1. The van der Waals surface area contributed by atoms with Crippen molar-refractivity contribution in [1.82, 2.24) is 4.98 Å². The minimum absolute atomic E-state index is 0.111. The molecule has 0 amide bonds. The van der Waals surface area contributed by atoms with Crippen LogP contribution in [0.3, 0.4) is 0 Å². The number of hydrogen-bond donors (Lipinski definition) is 1. The van der Waals surface area contributed by atoms with Crippen LogP contribution in [0.15, 0.2) is 47.5 Å². The fourth-order valence-corrected chi connectivity index (χ4v) is 4.27. The summed E-state index contributed by atoms with van der Waals surface area (Å²) < 4.78 is 26.8. The van der Waals surface area contributed by atoms with E-state index in [1.54, 1.807) is 18.2 Å². The molecule has 0 aliphatic carbocycles. The number of aliphatic carboxylic acids is 1. The van der Waals surface area contributed by atoms with E-state index in [4.69, 9.17) is 16.7 Å². The van der Waals surface area contributed by atoms with Crippen LogP contribution < -0.4 is 4.31 Å². The lowest BCUT2D eigenvalue weighted by Gasteiger charge is -2.18. The number of nitrogens with zero attached hydrogens (tertiary/aromatic N) is 2. The molecule has 8 heteroatoms. The maximum atomic E-state index is 12.8. The average Bonchev–Trinajstić information content (AvgIpc) is 2.96. The molecular weight excluding hydrogens is 352 g/mol. The van der Waals surface area contributed by atoms with E-state index >= 15 is 0 Å². The van der Waals surface area contributed by atoms with E-state index in [0.29, 0.717) is 22.8 Å². The predicted molar refractivity (Wildman–Crippen MR) is 90.6 cm³/mol. The SMILES string of the molecule is O=C(O)C=Cc1cnc2c(c1)CCN2S(=O)(=O)c1cccc(Cl)c1. The first-order valence-electron chi connectivity index (χ1n) is 7.06. The van der Waals surface area contributed by atoms with Crippen LogP contribution in [0.25, 0.3) is 6.08 Å².